The molecule has 0 bridgehead atoms. The molecule has 0 unspecified atom stereocenters. The zero-order chi connectivity index (χ0) is 21.5. The third kappa shape index (κ3) is 3.41. The average molecular weight is 429 g/mol. The van der Waals surface area contributed by atoms with Gasteiger partial charge in [-0.05, 0) is 42.1 Å². The number of carbonyl (C=O) groups is 2. The maximum absolute atomic E-state index is 12.8. The van der Waals surface area contributed by atoms with E-state index < -0.39 is 5.91 Å². The van der Waals surface area contributed by atoms with Gasteiger partial charge in [-0.15, -0.1) is 0 Å². The van der Waals surface area contributed by atoms with Gasteiger partial charge in [0.05, 0.1) is 17.4 Å². The summed E-state index contributed by atoms with van der Waals surface area (Å²) in [6.07, 6.45) is 1.45. The second kappa shape index (κ2) is 7.49. The van der Waals surface area contributed by atoms with E-state index in [-0.39, 0.29) is 12.5 Å². The summed E-state index contributed by atoms with van der Waals surface area (Å²) in [5, 5.41) is 7.07. The molecule has 5 rings (SSSR count). The van der Waals surface area contributed by atoms with E-state index in [1.807, 2.05) is 61.5 Å². The van der Waals surface area contributed by atoms with Gasteiger partial charge in [-0.25, -0.2) is 10.4 Å². The third-order valence-corrected chi connectivity index (χ3v) is 5.60. The van der Waals surface area contributed by atoms with E-state index >= 15 is 0 Å². The Kier molecular flexibility index (Phi) is 4.64. The molecule has 0 aliphatic carbocycles. The first kappa shape index (κ1) is 19.2. The summed E-state index contributed by atoms with van der Waals surface area (Å²) in [4.78, 5) is 31.1. The molecule has 0 atom stereocenters. The summed E-state index contributed by atoms with van der Waals surface area (Å²) in [6, 6.07) is 19.0. The van der Waals surface area contributed by atoms with Gasteiger partial charge in [0, 0.05) is 21.9 Å². The highest BCUT2D eigenvalue weighted by Gasteiger charge is 2.30. The maximum Gasteiger partial charge on any atom is 0.260 e. The van der Waals surface area contributed by atoms with Crippen molar-refractivity contribution in [3.63, 3.8) is 0 Å². The van der Waals surface area contributed by atoms with Crippen LogP contribution in [-0.2, 0) is 4.79 Å². The van der Waals surface area contributed by atoms with Crippen molar-refractivity contribution in [1.82, 2.24) is 10.4 Å². The second-order valence-corrected chi connectivity index (χ2v) is 7.79. The van der Waals surface area contributed by atoms with E-state index in [0.29, 0.717) is 16.3 Å². The number of aryl methyl sites for hydroxylation is 1. The number of hydrogen-bond donors (Lipinski definition) is 1. The Morgan fingerprint density at radius 1 is 1.13 bits per heavy atom. The number of fused-ring (bicyclic) bond motifs is 1. The molecule has 7 heteroatoms. The fourth-order valence-electron chi connectivity index (χ4n) is 3.85. The molecule has 152 valence electrons. The molecule has 0 saturated carbocycles. The average Bonchev–Trinajstić information content (AvgIpc) is 3.02. The van der Waals surface area contributed by atoms with E-state index in [4.69, 9.17) is 11.6 Å². The number of anilines is 1. The van der Waals surface area contributed by atoms with Crippen molar-refractivity contribution in [2.24, 2.45) is 5.10 Å². The molecular formula is C24H17ClN4O2. The van der Waals surface area contributed by atoms with Crippen LogP contribution in [0.5, 0.6) is 0 Å². The molecule has 0 spiro atoms. The molecule has 0 radical (unpaired) electrons. The number of nitrogens with zero attached hydrogens (tertiary/aromatic N) is 3. The van der Waals surface area contributed by atoms with E-state index in [1.54, 1.807) is 6.07 Å². The number of benzene rings is 3. The predicted molar refractivity (Wildman–Crippen MR) is 123 cm³/mol. The zero-order valence-electron chi connectivity index (χ0n) is 16.6. The minimum absolute atomic E-state index is 0.132. The number of carbonyl (C=O) groups excluding carboxylic acids is 2. The van der Waals surface area contributed by atoms with Crippen LogP contribution >= 0.6 is 11.6 Å². The van der Waals surface area contributed by atoms with Crippen LogP contribution in [0.25, 0.3) is 21.7 Å². The highest BCUT2D eigenvalue weighted by atomic mass is 35.5. The standard InChI is InChI=1S/C24H17ClN4O2/c1-14-8-9-16-11-17(23(25)27-19(16)10-14)12-26-28-21(30)13-29-20-7-3-5-15-4-2-6-18(22(15)20)24(29)31/h2-12H,13H2,1H3,(H,28,30)/b26-12+. The van der Waals surface area contributed by atoms with Crippen LogP contribution in [0, 0.1) is 6.92 Å². The Morgan fingerprint density at radius 3 is 2.77 bits per heavy atom. The highest BCUT2D eigenvalue weighted by Crippen LogP contribution is 2.36. The molecular weight excluding hydrogens is 412 g/mol. The van der Waals surface area contributed by atoms with Crippen LogP contribution in [0.3, 0.4) is 0 Å². The maximum atomic E-state index is 12.8. The lowest BCUT2D eigenvalue weighted by Crippen LogP contribution is -2.37. The molecule has 31 heavy (non-hydrogen) atoms. The van der Waals surface area contributed by atoms with Gasteiger partial charge < -0.3 is 0 Å². The predicted octanol–water partition coefficient (Wildman–Crippen LogP) is 4.46. The summed E-state index contributed by atoms with van der Waals surface area (Å²) in [5.41, 5.74) is 6.29. The Balaban J connectivity index is 1.32. The summed E-state index contributed by atoms with van der Waals surface area (Å²) >= 11 is 6.26. The fraction of sp³-hybridized carbons (Fsp3) is 0.0833. The Morgan fingerprint density at radius 2 is 1.94 bits per heavy atom. The molecule has 1 aliphatic rings. The largest absolute Gasteiger partial charge is 0.298 e. The molecule has 2 heterocycles. The molecule has 0 fully saturated rings. The molecule has 1 aliphatic heterocycles. The lowest BCUT2D eigenvalue weighted by Gasteiger charge is -2.16. The number of rotatable bonds is 4. The Hall–Kier alpha value is -3.77. The number of hydrazone groups is 1. The van der Waals surface area contributed by atoms with Crippen molar-refractivity contribution in [2.45, 2.75) is 6.92 Å². The summed E-state index contributed by atoms with van der Waals surface area (Å²) in [5.74, 6) is -0.599. The topological polar surface area (TPSA) is 74.7 Å². The van der Waals surface area contributed by atoms with Crippen LogP contribution in [0.4, 0.5) is 5.69 Å². The Labute approximate surface area is 183 Å². The van der Waals surface area contributed by atoms with Gasteiger partial charge in [0.25, 0.3) is 11.8 Å². The number of halogens is 1. The number of aromatic nitrogens is 1. The lowest BCUT2D eigenvalue weighted by molar-refractivity contribution is -0.119. The van der Waals surface area contributed by atoms with Crippen LogP contribution < -0.4 is 10.3 Å². The number of hydrogen-bond acceptors (Lipinski definition) is 4. The van der Waals surface area contributed by atoms with Gasteiger partial charge in [0.1, 0.15) is 11.7 Å². The van der Waals surface area contributed by atoms with Crippen LogP contribution in [0.15, 0.2) is 65.8 Å². The third-order valence-electron chi connectivity index (χ3n) is 5.30. The summed E-state index contributed by atoms with van der Waals surface area (Å²) in [7, 11) is 0. The first-order chi connectivity index (χ1) is 15.0. The first-order valence-electron chi connectivity index (χ1n) is 9.74. The van der Waals surface area contributed by atoms with Crippen LogP contribution in [0.1, 0.15) is 21.5 Å². The molecule has 0 saturated heterocycles. The minimum atomic E-state index is -0.407. The second-order valence-electron chi connectivity index (χ2n) is 7.43. The SMILES string of the molecule is Cc1ccc2cc(/C=N/NC(=O)CN3C(=O)c4cccc5cccc3c45)c(Cl)nc2c1. The molecule has 3 aromatic carbocycles. The number of amides is 2. The van der Waals surface area contributed by atoms with Crippen molar-refractivity contribution < 1.29 is 9.59 Å². The van der Waals surface area contributed by atoms with Gasteiger partial charge in [0.2, 0.25) is 0 Å². The van der Waals surface area contributed by atoms with Crippen molar-refractivity contribution >= 4 is 57.0 Å². The quantitative estimate of drug-likeness (QED) is 0.296. The first-order valence-corrected chi connectivity index (χ1v) is 10.1. The normalized spacial score (nSPS) is 13.0. The van der Waals surface area contributed by atoms with Crippen LogP contribution in [0.2, 0.25) is 5.15 Å². The summed E-state index contributed by atoms with van der Waals surface area (Å²) in [6.45, 7) is 1.86. The minimum Gasteiger partial charge on any atom is -0.298 e. The van der Waals surface area contributed by atoms with E-state index in [1.165, 1.54) is 11.1 Å². The van der Waals surface area contributed by atoms with E-state index in [9.17, 15) is 9.59 Å². The zero-order valence-corrected chi connectivity index (χ0v) is 17.3. The number of pyridine rings is 1. The van der Waals surface area contributed by atoms with Gasteiger partial charge in [0.15, 0.2) is 0 Å². The van der Waals surface area contributed by atoms with Gasteiger partial charge in [-0.1, -0.05) is 48.0 Å². The highest BCUT2D eigenvalue weighted by molar-refractivity contribution is 6.32. The Bertz CT molecular complexity index is 1410. The molecule has 1 aromatic heterocycles. The van der Waals surface area contributed by atoms with E-state index in [2.05, 4.69) is 15.5 Å². The molecule has 6 nitrogen and oxygen atoms in total. The lowest BCUT2D eigenvalue weighted by atomic mass is 10.1. The smallest absolute Gasteiger partial charge is 0.260 e. The van der Waals surface area contributed by atoms with Gasteiger partial charge >= 0.3 is 0 Å². The molecule has 4 aromatic rings. The number of nitrogens with one attached hydrogen (secondary N) is 1. The van der Waals surface area contributed by atoms with Crippen molar-refractivity contribution in [2.75, 3.05) is 11.4 Å². The van der Waals surface area contributed by atoms with Gasteiger partial charge in [-0.3, -0.25) is 14.5 Å². The van der Waals surface area contributed by atoms with Crippen molar-refractivity contribution in [3.8, 4) is 0 Å². The van der Waals surface area contributed by atoms with Gasteiger partial charge in [-0.2, -0.15) is 5.10 Å². The van der Waals surface area contributed by atoms with Crippen molar-refractivity contribution in [3.05, 3.63) is 82.5 Å². The van der Waals surface area contributed by atoms with Crippen LogP contribution in [-0.4, -0.2) is 29.6 Å². The van der Waals surface area contributed by atoms with Crippen molar-refractivity contribution in [1.29, 1.82) is 0 Å². The monoisotopic (exact) mass is 428 g/mol. The molecule has 2 amide bonds. The molecule has 1 N–H and O–H groups in total. The fourth-order valence-corrected chi connectivity index (χ4v) is 4.04. The van der Waals surface area contributed by atoms with E-state index in [0.717, 1.165) is 32.9 Å². The summed E-state index contributed by atoms with van der Waals surface area (Å²) < 4.78 is 0.